The van der Waals surface area contributed by atoms with Crippen LogP contribution in [0.2, 0.25) is 0 Å². The molecule has 0 aliphatic carbocycles. The van der Waals surface area contributed by atoms with E-state index in [2.05, 4.69) is 20.8 Å². The van der Waals surface area contributed by atoms with Gasteiger partial charge in [-0.15, -0.1) is 10.2 Å². The summed E-state index contributed by atoms with van der Waals surface area (Å²) in [6.45, 7) is 2.69. The molecule has 1 aliphatic heterocycles. The predicted octanol–water partition coefficient (Wildman–Crippen LogP) is 2.36. The van der Waals surface area contributed by atoms with Gasteiger partial charge in [-0.25, -0.2) is 0 Å². The quantitative estimate of drug-likeness (QED) is 0.889. The van der Waals surface area contributed by atoms with Crippen LogP contribution in [-0.2, 0) is 6.18 Å². The number of piperidine rings is 1. The summed E-state index contributed by atoms with van der Waals surface area (Å²) in [5, 5.41) is 12.2. The monoisotopic (exact) mass is 280 g/mol. The standard InChI is InChI=1S/C10H15F3N4S/c11-10(12,13)8-16-17-9(18-8)15-5-3-7-2-1-4-14-6-7/h7,14H,1-6H2,(H,15,17). The molecule has 1 aromatic rings. The number of hydrogen-bond donors (Lipinski definition) is 2. The molecular weight excluding hydrogens is 265 g/mol. The Morgan fingerprint density at radius 2 is 2.22 bits per heavy atom. The zero-order chi connectivity index (χ0) is 13.0. The molecule has 2 rings (SSSR count). The molecule has 0 saturated carbocycles. The van der Waals surface area contributed by atoms with Crippen molar-refractivity contribution in [1.82, 2.24) is 15.5 Å². The van der Waals surface area contributed by atoms with Crippen LogP contribution >= 0.6 is 11.3 Å². The smallest absolute Gasteiger partial charge is 0.360 e. The molecule has 1 unspecified atom stereocenters. The molecule has 0 radical (unpaired) electrons. The Balaban J connectivity index is 1.74. The third kappa shape index (κ3) is 3.81. The number of nitrogens with zero attached hydrogens (tertiary/aromatic N) is 2. The van der Waals surface area contributed by atoms with E-state index in [0.717, 1.165) is 19.5 Å². The minimum absolute atomic E-state index is 0.242. The van der Waals surface area contributed by atoms with Gasteiger partial charge in [0.2, 0.25) is 10.1 Å². The Kier molecular flexibility index (Phi) is 4.39. The Bertz CT molecular complexity index is 373. The first-order chi connectivity index (χ1) is 8.55. The van der Waals surface area contributed by atoms with Crippen molar-refractivity contribution in [1.29, 1.82) is 0 Å². The summed E-state index contributed by atoms with van der Waals surface area (Å²) in [4.78, 5) is 0. The lowest BCUT2D eigenvalue weighted by molar-refractivity contribution is -0.138. The lowest BCUT2D eigenvalue weighted by Gasteiger charge is -2.22. The molecule has 8 heteroatoms. The maximum absolute atomic E-state index is 12.3. The number of halogens is 3. The van der Waals surface area contributed by atoms with E-state index in [0.29, 0.717) is 23.8 Å². The molecule has 0 amide bonds. The minimum Gasteiger partial charge on any atom is -0.360 e. The first-order valence-corrected chi connectivity index (χ1v) is 6.72. The summed E-state index contributed by atoms with van der Waals surface area (Å²) >= 11 is 0.552. The Morgan fingerprint density at radius 3 is 2.83 bits per heavy atom. The number of hydrogen-bond acceptors (Lipinski definition) is 5. The van der Waals surface area contributed by atoms with E-state index in [4.69, 9.17) is 0 Å². The number of rotatable bonds is 4. The highest BCUT2D eigenvalue weighted by molar-refractivity contribution is 7.15. The van der Waals surface area contributed by atoms with Gasteiger partial charge in [-0.2, -0.15) is 13.2 Å². The van der Waals surface area contributed by atoms with Gasteiger partial charge in [-0.3, -0.25) is 0 Å². The van der Waals surface area contributed by atoms with Gasteiger partial charge < -0.3 is 10.6 Å². The molecule has 1 aliphatic rings. The van der Waals surface area contributed by atoms with Crippen LogP contribution in [0.4, 0.5) is 18.3 Å². The van der Waals surface area contributed by atoms with E-state index in [1.54, 1.807) is 0 Å². The molecule has 18 heavy (non-hydrogen) atoms. The van der Waals surface area contributed by atoms with Gasteiger partial charge in [0.1, 0.15) is 0 Å². The summed E-state index contributed by atoms with van der Waals surface area (Å²) in [5.41, 5.74) is 0. The van der Waals surface area contributed by atoms with Gasteiger partial charge in [0.15, 0.2) is 0 Å². The molecular formula is C10H15F3N4S. The second-order valence-corrected chi connectivity index (χ2v) is 5.32. The van der Waals surface area contributed by atoms with E-state index in [9.17, 15) is 13.2 Å². The van der Waals surface area contributed by atoms with Gasteiger partial charge in [0.05, 0.1) is 0 Å². The molecule has 0 spiro atoms. The third-order valence-electron chi connectivity index (χ3n) is 2.90. The Labute approximate surface area is 107 Å². The summed E-state index contributed by atoms with van der Waals surface area (Å²) in [7, 11) is 0. The van der Waals surface area contributed by atoms with Crippen LogP contribution in [-0.4, -0.2) is 29.8 Å². The van der Waals surface area contributed by atoms with Crippen molar-refractivity contribution in [3.8, 4) is 0 Å². The molecule has 102 valence electrons. The van der Waals surface area contributed by atoms with Crippen LogP contribution in [0.25, 0.3) is 0 Å². The van der Waals surface area contributed by atoms with Crippen molar-refractivity contribution in [3.05, 3.63) is 5.01 Å². The fourth-order valence-corrected chi connectivity index (χ4v) is 2.60. The second-order valence-electron chi connectivity index (χ2n) is 4.34. The predicted molar refractivity (Wildman–Crippen MR) is 63.6 cm³/mol. The first kappa shape index (κ1) is 13.5. The average Bonchev–Trinajstić information content (AvgIpc) is 2.79. The lowest BCUT2D eigenvalue weighted by Crippen LogP contribution is -2.30. The fraction of sp³-hybridized carbons (Fsp3) is 0.800. The number of alkyl halides is 3. The number of aromatic nitrogens is 2. The van der Waals surface area contributed by atoms with Crippen molar-refractivity contribution in [2.45, 2.75) is 25.4 Å². The van der Waals surface area contributed by atoms with Gasteiger partial charge >= 0.3 is 6.18 Å². The molecule has 2 N–H and O–H groups in total. The SMILES string of the molecule is FC(F)(F)c1nnc(NCCC2CCCNC2)s1. The van der Waals surface area contributed by atoms with Crippen LogP contribution in [0, 0.1) is 5.92 Å². The fourth-order valence-electron chi connectivity index (χ4n) is 1.96. The summed E-state index contributed by atoms with van der Waals surface area (Å²) in [6, 6.07) is 0. The Hall–Kier alpha value is -0.890. The van der Waals surface area contributed by atoms with Crippen LogP contribution in [0.5, 0.6) is 0 Å². The average molecular weight is 280 g/mol. The molecule has 1 saturated heterocycles. The molecule has 4 nitrogen and oxygen atoms in total. The van der Waals surface area contributed by atoms with Gasteiger partial charge in [-0.1, -0.05) is 11.3 Å². The van der Waals surface area contributed by atoms with Gasteiger partial charge in [0, 0.05) is 6.54 Å². The van der Waals surface area contributed by atoms with Crippen molar-refractivity contribution >= 4 is 16.5 Å². The molecule has 1 aromatic heterocycles. The number of nitrogens with one attached hydrogen (secondary N) is 2. The molecule has 2 heterocycles. The minimum atomic E-state index is -4.40. The normalized spacial score (nSPS) is 20.9. The molecule has 1 fully saturated rings. The third-order valence-corrected chi connectivity index (χ3v) is 3.82. The maximum Gasteiger partial charge on any atom is 0.445 e. The largest absolute Gasteiger partial charge is 0.445 e. The van der Waals surface area contributed by atoms with Crippen LogP contribution < -0.4 is 10.6 Å². The lowest BCUT2D eigenvalue weighted by atomic mass is 9.96. The van der Waals surface area contributed by atoms with Crippen LogP contribution in [0.15, 0.2) is 0 Å². The maximum atomic E-state index is 12.3. The van der Waals surface area contributed by atoms with Gasteiger partial charge in [-0.05, 0) is 38.3 Å². The van der Waals surface area contributed by atoms with E-state index in [-0.39, 0.29) is 5.13 Å². The summed E-state index contributed by atoms with van der Waals surface area (Å²) < 4.78 is 36.9. The van der Waals surface area contributed by atoms with E-state index in [1.807, 2.05) is 0 Å². The van der Waals surface area contributed by atoms with Crippen molar-refractivity contribution in [3.63, 3.8) is 0 Å². The Morgan fingerprint density at radius 1 is 1.39 bits per heavy atom. The van der Waals surface area contributed by atoms with Crippen molar-refractivity contribution in [2.75, 3.05) is 25.0 Å². The highest BCUT2D eigenvalue weighted by Gasteiger charge is 2.35. The first-order valence-electron chi connectivity index (χ1n) is 5.91. The molecule has 0 bridgehead atoms. The van der Waals surface area contributed by atoms with Crippen molar-refractivity contribution < 1.29 is 13.2 Å². The van der Waals surface area contributed by atoms with E-state index in [1.165, 1.54) is 12.8 Å². The highest BCUT2D eigenvalue weighted by atomic mass is 32.1. The summed E-state index contributed by atoms with van der Waals surface area (Å²) in [5.74, 6) is 0.598. The summed E-state index contributed by atoms with van der Waals surface area (Å²) in [6.07, 6.45) is -1.11. The highest BCUT2D eigenvalue weighted by Crippen LogP contribution is 2.32. The van der Waals surface area contributed by atoms with Gasteiger partial charge in [0.25, 0.3) is 0 Å². The van der Waals surface area contributed by atoms with E-state index < -0.39 is 11.2 Å². The molecule has 0 aromatic carbocycles. The molecule has 1 atom stereocenters. The van der Waals surface area contributed by atoms with Crippen LogP contribution in [0.3, 0.4) is 0 Å². The number of anilines is 1. The van der Waals surface area contributed by atoms with Crippen LogP contribution in [0.1, 0.15) is 24.3 Å². The zero-order valence-corrected chi connectivity index (χ0v) is 10.6. The van der Waals surface area contributed by atoms with E-state index >= 15 is 0 Å². The van der Waals surface area contributed by atoms with Crippen molar-refractivity contribution in [2.24, 2.45) is 5.92 Å². The second kappa shape index (κ2) is 5.83. The zero-order valence-electron chi connectivity index (χ0n) is 9.76. The topological polar surface area (TPSA) is 49.8 Å².